The van der Waals surface area contributed by atoms with E-state index in [9.17, 15) is 4.79 Å². The Morgan fingerprint density at radius 2 is 2.09 bits per heavy atom. The summed E-state index contributed by atoms with van der Waals surface area (Å²) in [4.78, 5) is 15.4. The summed E-state index contributed by atoms with van der Waals surface area (Å²) in [7, 11) is 0. The average molecular weight is 318 g/mol. The molecule has 1 saturated heterocycles. The minimum absolute atomic E-state index is 0.103. The highest BCUT2D eigenvalue weighted by Gasteiger charge is 2.42. The van der Waals surface area contributed by atoms with E-state index in [4.69, 9.17) is 5.73 Å². The van der Waals surface area contributed by atoms with Crippen LogP contribution in [0.1, 0.15) is 75.3 Å². The van der Waals surface area contributed by atoms with E-state index in [1.807, 2.05) is 4.68 Å². The molecule has 2 aliphatic rings. The van der Waals surface area contributed by atoms with Crippen LogP contribution in [-0.4, -0.2) is 39.2 Å². The number of hydrogen-bond donors (Lipinski definition) is 1. The molecule has 3 rings (SSSR count). The van der Waals surface area contributed by atoms with Gasteiger partial charge in [0.15, 0.2) is 0 Å². The second-order valence-corrected chi connectivity index (χ2v) is 8.61. The molecule has 1 atom stereocenters. The quantitative estimate of drug-likeness (QED) is 0.912. The Morgan fingerprint density at radius 1 is 1.35 bits per heavy atom. The van der Waals surface area contributed by atoms with Crippen LogP contribution in [0.2, 0.25) is 0 Å². The summed E-state index contributed by atoms with van der Waals surface area (Å²) < 4.78 is 2.00. The highest BCUT2D eigenvalue weighted by molar-refractivity contribution is 5.96. The zero-order valence-corrected chi connectivity index (χ0v) is 14.9. The van der Waals surface area contributed by atoms with Crippen molar-refractivity contribution in [2.45, 2.75) is 71.4 Å². The van der Waals surface area contributed by atoms with Gasteiger partial charge in [0.2, 0.25) is 0 Å². The van der Waals surface area contributed by atoms with Crippen LogP contribution >= 0.6 is 0 Å². The van der Waals surface area contributed by atoms with E-state index in [1.165, 1.54) is 0 Å². The van der Waals surface area contributed by atoms with Gasteiger partial charge in [-0.15, -0.1) is 0 Å². The van der Waals surface area contributed by atoms with E-state index in [0.717, 1.165) is 50.0 Å². The van der Waals surface area contributed by atoms with Crippen LogP contribution in [0.3, 0.4) is 0 Å². The van der Waals surface area contributed by atoms with Crippen molar-refractivity contribution in [1.82, 2.24) is 14.7 Å². The molecule has 0 aliphatic carbocycles. The number of likely N-dealkylation sites (tertiary alicyclic amines) is 1. The molecule has 0 saturated carbocycles. The number of aryl methyl sites for hydroxylation is 1. The maximum atomic E-state index is 13.3. The van der Waals surface area contributed by atoms with Gasteiger partial charge in [-0.3, -0.25) is 9.48 Å². The molecule has 5 nitrogen and oxygen atoms in total. The second kappa shape index (κ2) is 5.62. The van der Waals surface area contributed by atoms with Crippen LogP contribution in [-0.2, 0) is 6.54 Å². The molecule has 128 valence electrons. The van der Waals surface area contributed by atoms with Crippen LogP contribution < -0.4 is 5.73 Å². The molecule has 1 amide bonds. The van der Waals surface area contributed by atoms with Gasteiger partial charge in [0.1, 0.15) is 0 Å². The van der Waals surface area contributed by atoms with Gasteiger partial charge in [0.25, 0.3) is 5.91 Å². The van der Waals surface area contributed by atoms with Crippen LogP contribution in [0.5, 0.6) is 0 Å². The Morgan fingerprint density at radius 3 is 2.78 bits per heavy atom. The highest BCUT2D eigenvalue weighted by atomic mass is 16.2. The summed E-state index contributed by atoms with van der Waals surface area (Å²) in [6.45, 7) is 11.1. The van der Waals surface area contributed by atoms with E-state index in [0.29, 0.717) is 6.54 Å². The van der Waals surface area contributed by atoms with Crippen LogP contribution in [0.4, 0.5) is 0 Å². The first-order valence-electron chi connectivity index (χ1n) is 8.83. The van der Waals surface area contributed by atoms with Crippen molar-refractivity contribution in [3.05, 3.63) is 17.5 Å². The van der Waals surface area contributed by atoms with Gasteiger partial charge in [0.05, 0.1) is 17.5 Å². The number of nitrogens with zero attached hydrogens (tertiary/aromatic N) is 3. The van der Waals surface area contributed by atoms with Crippen LogP contribution in [0.15, 0.2) is 6.20 Å². The van der Waals surface area contributed by atoms with Crippen molar-refractivity contribution in [1.29, 1.82) is 0 Å². The number of aromatic nitrogens is 2. The zero-order valence-electron chi connectivity index (χ0n) is 14.9. The Labute approximate surface area is 139 Å². The second-order valence-electron chi connectivity index (χ2n) is 8.61. The van der Waals surface area contributed by atoms with Crippen molar-refractivity contribution in [2.75, 3.05) is 13.1 Å². The molecule has 0 aromatic carbocycles. The Bertz CT molecular complexity index is 602. The van der Waals surface area contributed by atoms with E-state index in [2.05, 4.69) is 37.7 Å². The lowest BCUT2D eigenvalue weighted by Crippen LogP contribution is -2.55. The SMILES string of the molecule is CC1(C)CCC(C)(C)N(C(=O)c2cnn3c2C(CN)CCC3)C1. The zero-order chi connectivity index (χ0) is 16.8. The minimum atomic E-state index is -0.103. The number of carbonyl (C=O) groups excluding carboxylic acids is 1. The maximum absolute atomic E-state index is 13.3. The molecule has 0 radical (unpaired) electrons. The molecule has 3 heterocycles. The number of nitrogens with two attached hydrogens (primary N) is 1. The number of fused-ring (bicyclic) bond motifs is 1. The van der Waals surface area contributed by atoms with Gasteiger partial charge in [-0.05, 0) is 44.9 Å². The van der Waals surface area contributed by atoms with Gasteiger partial charge in [-0.2, -0.15) is 5.10 Å². The third kappa shape index (κ3) is 2.91. The first-order chi connectivity index (χ1) is 10.7. The molecule has 5 heteroatoms. The Hall–Kier alpha value is -1.36. The smallest absolute Gasteiger partial charge is 0.257 e. The minimum Gasteiger partial charge on any atom is -0.333 e. The monoisotopic (exact) mass is 318 g/mol. The number of rotatable bonds is 2. The van der Waals surface area contributed by atoms with E-state index in [-0.39, 0.29) is 22.8 Å². The van der Waals surface area contributed by atoms with Gasteiger partial charge in [-0.1, -0.05) is 13.8 Å². The van der Waals surface area contributed by atoms with Crippen molar-refractivity contribution in [3.8, 4) is 0 Å². The fourth-order valence-corrected chi connectivity index (χ4v) is 4.01. The number of carbonyl (C=O) groups is 1. The number of piperidine rings is 1. The summed E-state index contributed by atoms with van der Waals surface area (Å²) in [5.74, 6) is 0.385. The largest absolute Gasteiger partial charge is 0.333 e. The number of hydrogen-bond acceptors (Lipinski definition) is 3. The standard InChI is InChI=1S/C18H30N4O/c1-17(2)7-8-18(3,4)21(12-17)16(23)14-11-20-22-9-5-6-13(10-19)15(14)22/h11,13H,5-10,12,19H2,1-4H3. The van der Waals surface area contributed by atoms with Crippen molar-refractivity contribution < 1.29 is 4.79 Å². The van der Waals surface area contributed by atoms with Crippen molar-refractivity contribution in [3.63, 3.8) is 0 Å². The van der Waals surface area contributed by atoms with Gasteiger partial charge >= 0.3 is 0 Å². The van der Waals surface area contributed by atoms with Gasteiger partial charge in [-0.25, -0.2) is 0 Å². The molecule has 23 heavy (non-hydrogen) atoms. The predicted molar refractivity (Wildman–Crippen MR) is 91.4 cm³/mol. The Balaban J connectivity index is 1.96. The molecule has 0 bridgehead atoms. The maximum Gasteiger partial charge on any atom is 0.257 e. The molecule has 1 fully saturated rings. The third-order valence-electron chi connectivity index (χ3n) is 5.68. The lowest BCUT2D eigenvalue weighted by Gasteiger charge is -2.49. The van der Waals surface area contributed by atoms with E-state index >= 15 is 0 Å². The third-order valence-corrected chi connectivity index (χ3v) is 5.68. The molecular formula is C18H30N4O. The molecule has 0 spiro atoms. The van der Waals surface area contributed by atoms with Crippen molar-refractivity contribution >= 4 is 5.91 Å². The highest BCUT2D eigenvalue weighted by Crippen LogP contribution is 2.39. The first kappa shape index (κ1) is 16.5. The van der Waals surface area contributed by atoms with E-state index in [1.54, 1.807) is 6.20 Å². The van der Waals surface area contributed by atoms with Crippen LogP contribution in [0.25, 0.3) is 0 Å². The molecule has 1 aromatic rings. The summed E-state index contributed by atoms with van der Waals surface area (Å²) in [5.41, 5.74) is 7.85. The predicted octanol–water partition coefficient (Wildman–Crippen LogP) is 2.76. The molecule has 1 unspecified atom stereocenters. The lowest BCUT2D eigenvalue weighted by atomic mass is 9.76. The summed E-state index contributed by atoms with van der Waals surface area (Å²) in [6.07, 6.45) is 6.10. The fourth-order valence-electron chi connectivity index (χ4n) is 4.01. The van der Waals surface area contributed by atoms with Crippen LogP contribution in [0, 0.1) is 5.41 Å². The summed E-state index contributed by atoms with van der Waals surface area (Å²) in [5, 5.41) is 4.47. The van der Waals surface area contributed by atoms with E-state index < -0.39 is 0 Å². The normalized spacial score (nSPS) is 26.0. The number of amides is 1. The summed E-state index contributed by atoms with van der Waals surface area (Å²) in [6, 6.07) is 0. The topological polar surface area (TPSA) is 64.2 Å². The molecule has 2 aliphatic heterocycles. The molecule has 1 aromatic heterocycles. The summed E-state index contributed by atoms with van der Waals surface area (Å²) >= 11 is 0. The Kier molecular flexibility index (Phi) is 4.03. The fraction of sp³-hybridized carbons (Fsp3) is 0.778. The average Bonchev–Trinajstić information content (AvgIpc) is 2.93. The van der Waals surface area contributed by atoms with Crippen molar-refractivity contribution in [2.24, 2.45) is 11.1 Å². The van der Waals surface area contributed by atoms with Gasteiger partial charge < -0.3 is 10.6 Å². The lowest BCUT2D eigenvalue weighted by molar-refractivity contribution is 0.0123. The molecule has 2 N–H and O–H groups in total. The van der Waals surface area contributed by atoms with Gasteiger partial charge in [0, 0.05) is 31.1 Å². The molecular weight excluding hydrogens is 288 g/mol. The first-order valence-corrected chi connectivity index (χ1v) is 8.83.